The predicted octanol–water partition coefficient (Wildman–Crippen LogP) is 3.10. The normalized spacial score (nSPS) is 10.5. The summed E-state index contributed by atoms with van der Waals surface area (Å²) in [7, 11) is 0. The Hall–Kier alpha value is -1.46. The van der Waals surface area contributed by atoms with E-state index in [1.165, 1.54) is 11.3 Å². The van der Waals surface area contributed by atoms with Crippen LogP contribution in [0.5, 0.6) is 5.75 Å². The van der Waals surface area contributed by atoms with Gasteiger partial charge in [0.05, 0.1) is 6.61 Å². The van der Waals surface area contributed by atoms with Crippen LogP contribution in [0, 0.1) is 11.6 Å². The lowest BCUT2D eigenvalue weighted by Crippen LogP contribution is -2.00. The Morgan fingerprint density at radius 3 is 2.41 bits per heavy atom. The van der Waals surface area contributed by atoms with Crippen molar-refractivity contribution in [2.75, 3.05) is 0 Å². The molecule has 1 N–H and O–H groups in total. The maximum atomic E-state index is 13.5. The number of ether oxygens (including phenoxy) is 1. The van der Waals surface area contributed by atoms with Gasteiger partial charge in [0.2, 0.25) is 0 Å². The Morgan fingerprint density at radius 2 is 1.88 bits per heavy atom. The van der Waals surface area contributed by atoms with E-state index in [1.54, 1.807) is 0 Å². The topological polar surface area (TPSA) is 29.5 Å². The highest BCUT2D eigenvalue weighted by Crippen LogP contribution is 2.24. The molecule has 0 bridgehead atoms. The van der Waals surface area contributed by atoms with Crippen LogP contribution >= 0.6 is 11.3 Å². The van der Waals surface area contributed by atoms with E-state index in [0.717, 1.165) is 17.7 Å². The Labute approximate surface area is 101 Å². The van der Waals surface area contributed by atoms with Gasteiger partial charge >= 0.3 is 0 Å². The number of hydrogen-bond donors (Lipinski definition) is 1. The molecule has 0 aliphatic heterocycles. The molecule has 0 amide bonds. The second kappa shape index (κ2) is 5.25. The lowest BCUT2D eigenvalue weighted by Gasteiger charge is -2.08. The van der Waals surface area contributed by atoms with Crippen LogP contribution in [0.4, 0.5) is 8.78 Å². The molecule has 17 heavy (non-hydrogen) atoms. The van der Waals surface area contributed by atoms with E-state index in [9.17, 15) is 8.78 Å². The smallest absolute Gasteiger partial charge is 0.191 e. The van der Waals surface area contributed by atoms with Gasteiger partial charge in [0.25, 0.3) is 0 Å². The van der Waals surface area contributed by atoms with Crippen molar-refractivity contribution >= 4 is 11.3 Å². The second-order valence-electron chi connectivity index (χ2n) is 3.47. The zero-order chi connectivity index (χ0) is 12.3. The molecule has 0 saturated carbocycles. The van der Waals surface area contributed by atoms with E-state index in [2.05, 4.69) is 0 Å². The molecule has 2 aromatic rings. The van der Waals surface area contributed by atoms with Crippen molar-refractivity contribution in [2.45, 2.75) is 13.2 Å². The first-order valence-corrected chi connectivity index (χ1v) is 5.87. The molecule has 0 aliphatic rings. The number of thiophene rings is 1. The molecule has 5 heteroatoms. The van der Waals surface area contributed by atoms with Crippen LogP contribution in [0.25, 0.3) is 0 Å². The van der Waals surface area contributed by atoms with Gasteiger partial charge in [0.1, 0.15) is 6.61 Å². The summed E-state index contributed by atoms with van der Waals surface area (Å²) in [6.45, 7) is -0.283. The molecule has 2 nitrogen and oxygen atoms in total. The van der Waals surface area contributed by atoms with Gasteiger partial charge in [-0.05, 0) is 40.1 Å². The van der Waals surface area contributed by atoms with Gasteiger partial charge in [-0.25, -0.2) is 8.78 Å². The van der Waals surface area contributed by atoms with E-state index < -0.39 is 24.0 Å². The average molecular weight is 256 g/mol. The van der Waals surface area contributed by atoms with Gasteiger partial charge in [-0.2, -0.15) is 11.3 Å². The highest BCUT2D eigenvalue weighted by Gasteiger charge is 2.12. The maximum absolute atomic E-state index is 13.5. The van der Waals surface area contributed by atoms with Crippen LogP contribution < -0.4 is 4.74 Å². The fourth-order valence-electron chi connectivity index (χ4n) is 1.37. The van der Waals surface area contributed by atoms with Crippen LogP contribution in [-0.4, -0.2) is 5.11 Å². The van der Waals surface area contributed by atoms with Crippen molar-refractivity contribution in [1.29, 1.82) is 0 Å². The zero-order valence-corrected chi connectivity index (χ0v) is 9.64. The third kappa shape index (κ3) is 2.81. The van der Waals surface area contributed by atoms with E-state index >= 15 is 0 Å². The fraction of sp³-hybridized carbons (Fsp3) is 0.167. The molecular formula is C12H10F2O2S. The van der Waals surface area contributed by atoms with Crippen molar-refractivity contribution in [3.63, 3.8) is 0 Å². The number of aliphatic hydroxyl groups excluding tert-OH is 1. The molecule has 0 saturated heterocycles. The molecule has 90 valence electrons. The molecule has 0 aliphatic carbocycles. The van der Waals surface area contributed by atoms with Crippen LogP contribution in [0.2, 0.25) is 0 Å². The number of benzene rings is 1. The SMILES string of the molecule is OCc1cc(F)c(OCc2ccsc2)c(F)c1. The zero-order valence-electron chi connectivity index (χ0n) is 8.82. The largest absolute Gasteiger partial charge is 0.483 e. The minimum atomic E-state index is -0.802. The quantitative estimate of drug-likeness (QED) is 0.910. The monoisotopic (exact) mass is 256 g/mol. The number of hydrogen-bond acceptors (Lipinski definition) is 3. The lowest BCUT2D eigenvalue weighted by molar-refractivity contribution is 0.266. The van der Waals surface area contributed by atoms with Crippen LogP contribution in [0.3, 0.4) is 0 Å². The van der Waals surface area contributed by atoms with Crippen LogP contribution in [0.15, 0.2) is 29.0 Å². The first-order chi connectivity index (χ1) is 8.20. The standard InChI is InChI=1S/C12H10F2O2S/c13-10-3-9(5-15)4-11(14)12(10)16-6-8-1-2-17-7-8/h1-4,7,15H,5-6H2. The van der Waals surface area contributed by atoms with Crippen LogP contribution in [-0.2, 0) is 13.2 Å². The van der Waals surface area contributed by atoms with Crippen LogP contribution in [0.1, 0.15) is 11.1 Å². The summed E-state index contributed by atoms with van der Waals surface area (Å²) < 4.78 is 32.0. The highest BCUT2D eigenvalue weighted by atomic mass is 32.1. The summed E-state index contributed by atoms with van der Waals surface area (Å²) >= 11 is 1.49. The molecule has 0 fully saturated rings. The molecule has 1 heterocycles. The van der Waals surface area contributed by atoms with Gasteiger partial charge in [0.15, 0.2) is 17.4 Å². The summed E-state index contributed by atoms with van der Waals surface area (Å²) in [4.78, 5) is 0. The summed E-state index contributed by atoms with van der Waals surface area (Å²) in [5.74, 6) is -2.01. The summed E-state index contributed by atoms with van der Waals surface area (Å²) in [5, 5.41) is 12.5. The van der Waals surface area contributed by atoms with Crippen molar-refractivity contribution < 1.29 is 18.6 Å². The highest BCUT2D eigenvalue weighted by molar-refractivity contribution is 7.07. The van der Waals surface area contributed by atoms with Crippen molar-refractivity contribution in [1.82, 2.24) is 0 Å². The van der Waals surface area contributed by atoms with Crippen molar-refractivity contribution in [3.05, 3.63) is 51.7 Å². The van der Waals surface area contributed by atoms with E-state index in [0.29, 0.717) is 0 Å². The maximum Gasteiger partial charge on any atom is 0.191 e. The Balaban J connectivity index is 2.15. The minimum Gasteiger partial charge on any atom is -0.483 e. The number of aliphatic hydroxyl groups is 1. The molecule has 1 aromatic carbocycles. The molecule has 0 unspecified atom stereocenters. The molecule has 1 aromatic heterocycles. The van der Waals surface area contributed by atoms with Gasteiger partial charge in [0, 0.05) is 0 Å². The van der Waals surface area contributed by atoms with Crippen molar-refractivity contribution in [3.8, 4) is 5.75 Å². The predicted molar refractivity (Wildman–Crippen MR) is 60.9 cm³/mol. The van der Waals surface area contributed by atoms with E-state index in [-0.39, 0.29) is 12.2 Å². The second-order valence-corrected chi connectivity index (χ2v) is 4.25. The Bertz CT molecular complexity index is 474. The first kappa shape index (κ1) is 12.0. The summed E-state index contributed by atoms with van der Waals surface area (Å²) in [6.07, 6.45) is 0. The van der Waals surface area contributed by atoms with Gasteiger partial charge in [-0.3, -0.25) is 0 Å². The Kier molecular flexibility index (Phi) is 3.71. The van der Waals surface area contributed by atoms with Gasteiger partial charge in [-0.1, -0.05) is 0 Å². The molecule has 0 atom stereocenters. The third-order valence-electron chi connectivity index (χ3n) is 2.20. The van der Waals surface area contributed by atoms with E-state index in [4.69, 9.17) is 9.84 Å². The number of halogens is 2. The summed E-state index contributed by atoms with van der Waals surface area (Å²) in [6, 6.07) is 3.95. The van der Waals surface area contributed by atoms with Gasteiger partial charge < -0.3 is 9.84 Å². The first-order valence-electron chi connectivity index (χ1n) is 4.93. The molecule has 0 spiro atoms. The third-order valence-corrected chi connectivity index (χ3v) is 2.94. The fourth-order valence-corrected chi connectivity index (χ4v) is 2.03. The molecule has 2 rings (SSSR count). The number of rotatable bonds is 4. The lowest BCUT2D eigenvalue weighted by atomic mass is 10.2. The minimum absolute atomic E-state index is 0.121. The van der Waals surface area contributed by atoms with Gasteiger partial charge in [-0.15, -0.1) is 0 Å². The molecular weight excluding hydrogens is 246 g/mol. The average Bonchev–Trinajstić information content (AvgIpc) is 2.80. The van der Waals surface area contributed by atoms with E-state index in [1.807, 2.05) is 16.8 Å². The summed E-state index contributed by atoms with van der Waals surface area (Å²) in [5.41, 5.74) is 1.04. The van der Waals surface area contributed by atoms with Crippen molar-refractivity contribution in [2.24, 2.45) is 0 Å². The Morgan fingerprint density at radius 1 is 1.18 bits per heavy atom. The molecule has 0 radical (unpaired) electrons.